The van der Waals surface area contributed by atoms with Crippen LogP contribution >= 0.6 is 0 Å². The van der Waals surface area contributed by atoms with Crippen molar-refractivity contribution in [2.75, 3.05) is 31.3 Å². The van der Waals surface area contributed by atoms with Gasteiger partial charge in [0.25, 0.3) is 5.91 Å². The SMILES string of the molecule is COc1cc([C@@H]2[C@H]3C(=O)N(c4ccccc4)C(=O)[C@H]3ON2c2ccccc2)cc(OC)c1OC. The van der Waals surface area contributed by atoms with E-state index in [4.69, 9.17) is 19.0 Å². The van der Waals surface area contributed by atoms with Gasteiger partial charge in [0.05, 0.1) is 38.7 Å². The molecule has 0 radical (unpaired) electrons. The Morgan fingerprint density at radius 1 is 0.735 bits per heavy atom. The molecule has 0 N–H and O–H groups in total. The summed E-state index contributed by atoms with van der Waals surface area (Å²) in [4.78, 5) is 34.5. The highest BCUT2D eigenvalue weighted by molar-refractivity contribution is 6.23. The molecule has 0 saturated carbocycles. The molecule has 3 aromatic carbocycles. The summed E-state index contributed by atoms with van der Waals surface area (Å²) in [5, 5.41) is 1.63. The molecule has 0 unspecified atom stereocenters. The average molecular weight is 460 g/mol. The van der Waals surface area contributed by atoms with Gasteiger partial charge in [-0.15, -0.1) is 0 Å². The highest BCUT2D eigenvalue weighted by Gasteiger charge is 2.60. The number of rotatable bonds is 6. The predicted molar refractivity (Wildman–Crippen MR) is 125 cm³/mol. The van der Waals surface area contributed by atoms with Crippen LogP contribution in [0.3, 0.4) is 0 Å². The molecule has 0 spiro atoms. The number of carbonyl (C=O) groups is 2. The Balaban J connectivity index is 1.65. The Morgan fingerprint density at radius 3 is 1.82 bits per heavy atom. The highest BCUT2D eigenvalue weighted by Crippen LogP contribution is 2.50. The minimum atomic E-state index is -0.961. The molecule has 8 nitrogen and oxygen atoms in total. The van der Waals surface area contributed by atoms with Gasteiger partial charge in [-0.1, -0.05) is 36.4 Å². The lowest BCUT2D eigenvalue weighted by atomic mass is 9.90. The first-order valence-corrected chi connectivity index (χ1v) is 10.8. The molecule has 2 amide bonds. The number of anilines is 2. The fourth-order valence-electron chi connectivity index (χ4n) is 4.66. The summed E-state index contributed by atoms with van der Waals surface area (Å²) in [6.07, 6.45) is -0.961. The molecule has 2 heterocycles. The van der Waals surface area contributed by atoms with Crippen molar-refractivity contribution in [2.45, 2.75) is 12.1 Å². The number of methoxy groups -OCH3 is 3. The second-order valence-corrected chi connectivity index (χ2v) is 7.96. The number of imide groups is 1. The normalized spacial score (nSPS) is 21.6. The van der Waals surface area contributed by atoms with Crippen LogP contribution in [0.5, 0.6) is 17.2 Å². The first-order valence-electron chi connectivity index (χ1n) is 10.8. The number of hydrogen-bond acceptors (Lipinski definition) is 7. The Bertz CT molecular complexity index is 1190. The fraction of sp³-hybridized carbons (Fsp3) is 0.231. The molecule has 5 rings (SSSR count). The van der Waals surface area contributed by atoms with Gasteiger partial charge in [0.15, 0.2) is 17.6 Å². The van der Waals surface area contributed by atoms with Gasteiger partial charge in [-0.3, -0.25) is 14.4 Å². The number of hydrogen-bond donors (Lipinski definition) is 0. The molecule has 2 aliphatic heterocycles. The molecule has 34 heavy (non-hydrogen) atoms. The van der Waals surface area contributed by atoms with E-state index in [0.717, 1.165) is 5.69 Å². The number of hydroxylamine groups is 1. The number of nitrogens with zero attached hydrogens (tertiary/aromatic N) is 2. The van der Waals surface area contributed by atoms with Gasteiger partial charge in [0.2, 0.25) is 11.7 Å². The molecular weight excluding hydrogens is 436 g/mol. The van der Waals surface area contributed by atoms with E-state index in [1.165, 1.54) is 26.2 Å². The third-order valence-electron chi connectivity index (χ3n) is 6.17. The summed E-state index contributed by atoms with van der Waals surface area (Å²) in [7, 11) is 4.60. The first-order chi connectivity index (χ1) is 16.6. The Hall–Kier alpha value is -4.04. The van der Waals surface area contributed by atoms with Crippen molar-refractivity contribution in [3.63, 3.8) is 0 Å². The monoisotopic (exact) mass is 460 g/mol. The Morgan fingerprint density at radius 2 is 1.29 bits per heavy atom. The molecule has 0 aromatic heterocycles. The van der Waals surface area contributed by atoms with Crippen LogP contribution in [0.15, 0.2) is 72.8 Å². The summed E-state index contributed by atoms with van der Waals surface area (Å²) in [5.41, 5.74) is 1.94. The molecular formula is C26H24N2O6. The van der Waals surface area contributed by atoms with Gasteiger partial charge in [-0.25, -0.2) is 9.96 Å². The molecule has 3 aromatic rings. The summed E-state index contributed by atoms with van der Waals surface area (Å²) in [6.45, 7) is 0. The molecule has 3 atom stereocenters. The van der Waals surface area contributed by atoms with E-state index >= 15 is 0 Å². The van der Waals surface area contributed by atoms with Crippen LogP contribution in [0.1, 0.15) is 11.6 Å². The lowest BCUT2D eigenvalue weighted by Gasteiger charge is -2.29. The van der Waals surface area contributed by atoms with Gasteiger partial charge in [0.1, 0.15) is 5.92 Å². The smallest absolute Gasteiger partial charge is 0.266 e. The lowest BCUT2D eigenvalue weighted by Crippen LogP contribution is -2.37. The van der Waals surface area contributed by atoms with Crippen molar-refractivity contribution >= 4 is 23.2 Å². The standard InChI is InChI=1S/C26H24N2O6/c1-31-19-14-16(15-20(32-2)23(19)33-3)22-21-24(34-28(22)18-12-8-5-9-13-18)26(30)27(25(21)29)17-10-6-4-7-11-17/h4-15,21-22,24H,1-3H3/t21-,22-,24+/m1/s1. The van der Waals surface area contributed by atoms with Crippen LogP contribution < -0.4 is 24.2 Å². The lowest BCUT2D eigenvalue weighted by molar-refractivity contribution is -0.126. The summed E-state index contributed by atoms with van der Waals surface area (Å²) in [5.74, 6) is -0.142. The number of amides is 2. The van der Waals surface area contributed by atoms with Crippen molar-refractivity contribution in [1.82, 2.24) is 0 Å². The van der Waals surface area contributed by atoms with Crippen molar-refractivity contribution in [1.29, 1.82) is 0 Å². The Kier molecular flexibility index (Phi) is 5.59. The fourth-order valence-corrected chi connectivity index (χ4v) is 4.66. The number of benzene rings is 3. The van der Waals surface area contributed by atoms with Gasteiger partial charge >= 0.3 is 0 Å². The predicted octanol–water partition coefficient (Wildman–Crippen LogP) is 3.76. The minimum Gasteiger partial charge on any atom is -0.493 e. The van der Waals surface area contributed by atoms with Gasteiger partial charge in [0, 0.05) is 0 Å². The number of fused-ring (bicyclic) bond motifs is 1. The van der Waals surface area contributed by atoms with Crippen molar-refractivity contribution < 1.29 is 28.6 Å². The minimum absolute atomic E-state index is 0.321. The maximum atomic E-state index is 13.7. The molecule has 0 aliphatic carbocycles. The van der Waals surface area contributed by atoms with Crippen LogP contribution in [0.25, 0.3) is 0 Å². The number of ether oxygens (including phenoxy) is 3. The Labute approximate surface area is 197 Å². The zero-order valence-electron chi connectivity index (χ0n) is 19.0. The summed E-state index contributed by atoms with van der Waals surface area (Å²) in [6, 6.07) is 21.2. The van der Waals surface area contributed by atoms with E-state index in [0.29, 0.717) is 28.5 Å². The molecule has 174 valence electrons. The quantitative estimate of drug-likeness (QED) is 0.519. The molecule has 2 saturated heterocycles. The van der Waals surface area contributed by atoms with E-state index in [9.17, 15) is 9.59 Å². The molecule has 0 bridgehead atoms. The molecule has 2 fully saturated rings. The van der Waals surface area contributed by atoms with Crippen LogP contribution in [0.4, 0.5) is 11.4 Å². The summed E-state index contributed by atoms with van der Waals surface area (Å²) < 4.78 is 16.5. The van der Waals surface area contributed by atoms with Crippen molar-refractivity contribution in [3.8, 4) is 17.2 Å². The van der Waals surface area contributed by atoms with Gasteiger partial charge in [-0.05, 0) is 42.0 Å². The molecule has 2 aliphatic rings. The third kappa shape index (κ3) is 3.34. The second-order valence-electron chi connectivity index (χ2n) is 7.96. The van der Waals surface area contributed by atoms with E-state index < -0.39 is 24.0 Å². The third-order valence-corrected chi connectivity index (χ3v) is 6.17. The zero-order valence-corrected chi connectivity index (χ0v) is 19.0. The number of carbonyl (C=O) groups excluding carboxylic acids is 2. The van der Waals surface area contributed by atoms with Crippen molar-refractivity contribution in [3.05, 3.63) is 78.4 Å². The van der Waals surface area contributed by atoms with Crippen LogP contribution in [0.2, 0.25) is 0 Å². The largest absolute Gasteiger partial charge is 0.493 e. The first kappa shape index (κ1) is 21.8. The topological polar surface area (TPSA) is 77.5 Å². The van der Waals surface area contributed by atoms with E-state index in [1.54, 1.807) is 41.5 Å². The number of para-hydroxylation sites is 2. The van der Waals surface area contributed by atoms with Gasteiger partial charge < -0.3 is 14.2 Å². The van der Waals surface area contributed by atoms with Gasteiger partial charge in [-0.2, -0.15) is 0 Å². The zero-order chi connectivity index (χ0) is 23.8. The van der Waals surface area contributed by atoms with E-state index in [-0.39, 0.29) is 5.91 Å². The summed E-state index contributed by atoms with van der Waals surface area (Å²) >= 11 is 0. The maximum absolute atomic E-state index is 13.7. The molecule has 8 heteroatoms. The second kappa shape index (κ2) is 8.72. The van der Waals surface area contributed by atoms with Crippen LogP contribution in [0, 0.1) is 5.92 Å². The maximum Gasteiger partial charge on any atom is 0.266 e. The van der Waals surface area contributed by atoms with Crippen LogP contribution in [-0.4, -0.2) is 39.2 Å². The average Bonchev–Trinajstić information content (AvgIpc) is 3.39. The highest BCUT2D eigenvalue weighted by atomic mass is 16.7. The van der Waals surface area contributed by atoms with E-state index in [1.807, 2.05) is 36.4 Å². The van der Waals surface area contributed by atoms with Crippen molar-refractivity contribution in [2.24, 2.45) is 5.92 Å². The van der Waals surface area contributed by atoms with Crippen LogP contribution in [-0.2, 0) is 14.4 Å². The van der Waals surface area contributed by atoms with E-state index in [2.05, 4.69) is 0 Å².